The third-order valence-corrected chi connectivity index (χ3v) is 4.52. The molecule has 2 heterocycles. The number of aryl methyl sites for hydroxylation is 1. The molecule has 136 valence electrons. The molecule has 2 N–H and O–H groups in total. The van der Waals surface area contributed by atoms with Crippen LogP contribution in [0.3, 0.4) is 0 Å². The van der Waals surface area contributed by atoms with Crippen molar-refractivity contribution in [2.45, 2.75) is 19.8 Å². The van der Waals surface area contributed by atoms with E-state index in [4.69, 9.17) is 0 Å². The standard InChI is InChI=1S/C20H19N5O2/c1-12-3-8-15-17(11-12)23-19(22-15)13-4-6-14(7-5-13)21-20(27)16-9-10-18(26)25(2)24-16/h3-8,11H,9-10H2,1-2H3,(H,21,27)(H,22,23). The number of carbonyl (C=O) groups excluding carboxylic acids is 2. The molecule has 1 aromatic heterocycles. The van der Waals surface area contributed by atoms with Crippen LogP contribution < -0.4 is 5.32 Å². The molecule has 0 saturated carbocycles. The first-order chi connectivity index (χ1) is 13.0. The van der Waals surface area contributed by atoms with Gasteiger partial charge in [-0.3, -0.25) is 9.59 Å². The molecule has 27 heavy (non-hydrogen) atoms. The van der Waals surface area contributed by atoms with E-state index in [2.05, 4.69) is 26.5 Å². The third-order valence-electron chi connectivity index (χ3n) is 4.52. The maximum absolute atomic E-state index is 12.3. The Labute approximate surface area is 156 Å². The lowest BCUT2D eigenvalue weighted by Crippen LogP contribution is -2.34. The van der Waals surface area contributed by atoms with Crippen molar-refractivity contribution in [3.8, 4) is 11.4 Å². The number of hydrogen-bond acceptors (Lipinski definition) is 4. The number of imidazole rings is 1. The summed E-state index contributed by atoms with van der Waals surface area (Å²) in [5.74, 6) is 0.406. The van der Waals surface area contributed by atoms with Crippen LogP contribution >= 0.6 is 0 Å². The molecular weight excluding hydrogens is 342 g/mol. The largest absolute Gasteiger partial charge is 0.338 e. The van der Waals surface area contributed by atoms with Gasteiger partial charge in [-0.15, -0.1) is 0 Å². The van der Waals surface area contributed by atoms with Crippen molar-refractivity contribution in [2.24, 2.45) is 5.10 Å². The van der Waals surface area contributed by atoms with Crippen LogP contribution in [0.5, 0.6) is 0 Å². The molecule has 7 nitrogen and oxygen atoms in total. The first-order valence-electron chi connectivity index (χ1n) is 8.72. The van der Waals surface area contributed by atoms with Crippen LogP contribution in [0.25, 0.3) is 22.4 Å². The number of fused-ring (bicyclic) bond motifs is 1. The zero-order valence-corrected chi connectivity index (χ0v) is 15.1. The number of rotatable bonds is 3. The summed E-state index contributed by atoms with van der Waals surface area (Å²) in [4.78, 5) is 31.7. The highest BCUT2D eigenvalue weighted by Gasteiger charge is 2.22. The first-order valence-corrected chi connectivity index (χ1v) is 8.72. The lowest BCUT2D eigenvalue weighted by molar-refractivity contribution is -0.130. The number of anilines is 1. The molecule has 0 atom stereocenters. The maximum atomic E-state index is 12.3. The Balaban J connectivity index is 1.51. The number of benzene rings is 2. The zero-order chi connectivity index (χ0) is 19.0. The highest BCUT2D eigenvalue weighted by atomic mass is 16.2. The van der Waals surface area contributed by atoms with Gasteiger partial charge in [0.1, 0.15) is 11.5 Å². The molecule has 2 aromatic carbocycles. The van der Waals surface area contributed by atoms with Gasteiger partial charge >= 0.3 is 0 Å². The number of nitrogens with one attached hydrogen (secondary N) is 2. The highest BCUT2D eigenvalue weighted by molar-refractivity contribution is 6.43. The maximum Gasteiger partial charge on any atom is 0.271 e. The number of amides is 2. The molecule has 1 aliphatic rings. The van der Waals surface area contributed by atoms with Crippen LogP contribution in [0.4, 0.5) is 5.69 Å². The zero-order valence-electron chi connectivity index (χ0n) is 15.1. The molecule has 2 amide bonds. The predicted molar refractivity (Wildman–Crippen MR) is 104 cm³/mol. The molecule has 3 aromatic rings. The minimum Gasteiger partial charge on any atom is -0.338 e. The van der Waals surface area contributed by atoms with E-state index < -0.39 is 0 Å². The Morgan fingerprint density at radius 1 is 1.15 bits per heavy atom. The second kappa shape index (κ2) is 6.68. The van der Waals surface area contributed by atoms with E-state index in [0.717, 1.165) is 22.4 Å². The molecule has 0 aliphatic carbocycles. The van der Waals surface area contributed by atoms with E-state index in [9.17, 15) is 9.59 Å². The van der Waals surface area contributed by atoms with Gasteiger partial charge in [0.2, 0.25) is 5.91 Å². The van der Waals surface area contributed by atoms with Gasteiger partial charge in [0.05, 0.1) is 11.0 Å². The van der Waals surface area contributed by atoms with Gasteiger partial charge in [-0.05, 0) is 48.9 Å². The summed E-state index contributed by atoms with van der Waals surface area (Å²) >= 11 is 0. The summed E-state index contributed by atoms with van der Waals surface area (Å²) in [6.07, 6.45) is 0.651. The first kappa shape index (κ1) is 17.0. The molecule has 7 heteroatoms. The molecule has 4 rings (SSSR count). The van der Waals surface area contributed by atoms with Crippen LogP contribution in [0.2, 0.25) is 0 Å². The minimum atomic E-state index is -0.290. The summed E-state index contributed by atoms with van der Waals surface area (Å²) in [6.45, 7) is 2.04. The monoisotopic (exact) mass is 361 g/mol. The van der Waals surface area contributed by atoms with Crippen molar-refractivity contribution in [1.82, 2.24) is 15.0 Å². The number of aromatic amines is 1. The van der Waals surface area contributed by atoms with Gasteiger partial charge in [0, 0.05) is 31.1 Å². The molecule has 0 unspecified atom stereocenters. The van der Waals surface area contributed by atoms with Gasteiger partial charge in [0.15, 0.2) is 0 Å². The average Bonchev–Trinajstić information content (AvgIpc) is 3.07. The Morgan fingerprint density at radius 2 is 1.93 bits per heavy atom. The second-order valence-electron chi connectivity index (χ2n) is 6.60. The van der Waals surface area contributed by atoms with Crippen molar-refractivity contribution < 1.29 is 9.59 Å². The van der Waals surface area contributed by atoms with Crippen molar-refractivity contribution in [1.29, 1.82) is 0 Å². The van der Waals surface area contributed by atoms with E-state index in [1.165, 1.54) is 10.6 Å². The Hall–Kier alpha value is -3.48. The number of hydrazone groups is 1. The van der Waals surface area contributed by atoms with Gasteiger partial charge in [-0.25, -0.2) is 9.99 Å². The fraction of sp³-hybridized carbons (Fsp3) is 0.200. The fourth-order valence-electron chi connectivity index (χ4n) is 3.01. The van der Waals surface area contributed by atoms with Crippen molar-refractivity contribution in [3.63, 3.8) is 0 Å². The number of carbonyl (C=O) groups is 2. The molecule has 0 fully saturated rings. The molecule has 0 spiro atoms. The third kappa shape index (κ3) is 3.44. The van der Waals surface area contributed by atoms with Crippen molar-refractivity contribution in [3.05, 3.63) is 48.0 Å². The fourth-order valence-corrected chi connectivity index (χ4v) is 3.01. The van der Waals surface area contributed by atoms with E-state index >= 15 is 0 Å². The van der Waals surface area contributed by atoms with E-state index in [1.807, 2.05) is 43.3 Å². The minimum absolute atomic E-state index is 0.0862. The number of hydrogen-bond donors (Lipinski definition) is 2. The topological polar surface area (TPSA) is 90.4 Å². The van der Waals surface area contributed by atoms with E-state index in [1.54, 1.807) is 7.05 Å². The summed E-state index contributed by atoms with van der Waals surface area (Å²) in [5.41, 5.74) is 5.04. The smallest absolute Gasteiger partial charge is 0.271 e. The van der Waals surface area contributed by atoms with Crippen molar-refractivity contribution >= 4 is 34.2 Å². The van der Waals surface area contributed by atoms with Gasteiger partial charge < -0.3 is 10.3 Å². The van der Waals surface area contributed by atoms with Gasteiger partial charge in [0.25, 0.3) is 5.91 Å². The normalized spacial score (nSPS) is 14.4. The summed E-state index contributed by atoms with van der Waals surface area (Å²) in [7, 11) is 1.55. The summed E-state index contributed by atoms with van der Waals surface area (Å²) in [6, 6.07) is 13.5. The van der Waals surface area contributed by atoms with Crippen LogP contribution in [0.1, 0.15) is 18.4 Å². The number of nitrogens with zero attached hydrogens (tertiary/aromatic N) is 3. The van der Waals surface area contributed by atoms with Gasteiger partial charge in [-0.2, -0.15) is 5.10 Å². The molecule has 0 bridgehead atoms. The van der Waals surface area contributed by atoms with Crippen LogP contribution in [0, 0.1) is 6.92 Å². The highest BCUT2D eigenvalue weighted by Crippen LogP contribution is 2.23. The average molecular weight is 361 g/mol. The molecule has 1 aliphatic heterocycles. The van der Waals surface area contributed by atoms with Crippen LogP contribution in [-0.4, -0.2) is 39.6 Å². The molecular formula is C20H19N5O2. The van der Waals surface area contributed by atoms with E-state index in [-0.39, 0.29) is 11.8 Å². The summed E-state index contributed by atoms with van der Waals surface area (Å²) < 4.78 is 0. The molecule has 0 saturated heterocycles. The van der Waals surface area contributed by atoms with Gasteiger partial charge in [-0.1, -0.05) is 6.07 Å². The Kier molecular flexibility index (Phi) is 4.19. The van der Waals surface area contributed by atoms with E-state index in [0.29, 0.717) is 24.2 Å². The lowest BCUT2D eigenvalue weighted by Gasteiger charge is -2.18. The lowest BCUT2D eigenvalue weighted by atomic mass is 10.1. The van der Waals surface area contributed by atoms with Crippen LogP contribution in [0.15, 0.2) is 47.6 Å². The summed E-state index contributed by atoms with van der Waals surface area (Å²) in [5, 5.41) is 8.06. The number of aromatic nitrogens is 2. The number of H-pyrrole nitrogens is 1. The Bertz CT molecular complexity index is 1070. The molecule has 0 radical (unpaired) electrons. The predicted octanol–water partition coefficient (Wildman–Crippen LogP) is 3.09. The second-order valence-corrected chi connectivity index (χ2v) is 6.60. The quantitative estimate of drug-likeness (QED) is 0.751. The Morgan fingerprint density at radius 3 is 2.67 bits per heavy atom. The van der Waals surface area contributed by atoms with Crippen molar-refractivity contribution in [2.75, 3.05) is 12.4 Å². The SMILES string of the molecule is Cc1ccc2nc(-c3ccc(NC(=O)C4=NN(C)C(=O)CC4)cc3)[nH]c2c1. The van der Waals surface area contributed by atoms with Crippen LogP contribution in [-0.2, 0) is 9.59 Å².